The van der Waals surface area contributed by atoms with Crippen molar-refractivity contribution < 1.29 is 19.1 Å². The number of halogens is 1. The van der Waals surface area contributed by atoms with Gasteiger partial charge in [-0.3, -0.25) is 9.78 Å². The van der Waals surface area contributed by atoms with Gasteiger partial charge in [-0.25, -0.2) is 4.79 Å². The summed E-state index contributed by atoms with van der Waals surface area (Å²) in [5.74, 6) is 1.67. The number of hydrogen-bond donors (Lipinski definition) is 2. The summed E-state index contributed by atoms with van der Waals surface area (Å²) in [5, 5.41) is 6.79. The molecule has 2 heterocycles. The van der Waals surface area contributed by atoms with E-state index in [-0.39, 0.29) is 18.0 Å². The van der Waals surface area contributed by atoms with E-state index < -0.39 is 0 Å². The van der Waals surface area contributed by atoms with Crippen molar-refractivity contribution in [1.29, 1.82) is 0 Å². The van der Waals surface area contributed by atoms with Gasteiger partial charge in [0.2, 0.25) is 5.91 Å². The predicted octanol–water partition coefficient (Wildman–Crippen LogP) is 5.77. The van der Waals surface area contributed by atoms with Crippen LogP contribution in [0.1, 0.15) is 24.8 Å². The van der Waals surface area contributed by atoms with Crippen molar-refractivity contribution in [1.82, 2.24) is 15.2 Å². The number of ether oxygens (including phenoxy) is 2. The van der Waals surface area contributed by atoms with Gasteiger partial charge in [0.15, 0.2) is 0 Å². The number of rotatable bonds is 7. The zero-order chi connectivity index (χ0) is 25.9. The summed E-state index contributed by atoms with van der Waals surface area (Å²) in [7, 11) is 1.61. The van der Waals surface area contributed by atoms with Crippen LogP contribution < -0.4 is 20.1 Å². The minimum atomic E-state index is -0.273. The van der Waals surface area contributed by atoms with Crippen LogP contribution in [-0.2, 0) is 4.79 Å². The van der Waals surface area contributed by atoms with Crippen LogP contribution in [0.5, 0.6) is 17.2 Å². The SMILES string of the molecule is C=CC(=O)N1CCC=C(c2cc3c(Oc4ccc(NC(=O)NC5CC5)c(Cl)c4)ccnc3cc2OC)C1. The molecule has 0 unspecified atom stereocenters. The second kappa shape index (κ2) is 10.5. The lowest BCUT2D eigenvalue weighted by molar-refractivity contribution is -0.125. The summed E-state index contributed by atoms with van der Waals surface area (Å²) >= 11 is 6.43. The zero-order valence-electron chi connectivity index (χ0n) is 20.4. The molecule has 9 heteroatoms. The number of carbonyl (C=O) groups is 2. The molecule has 37 heavy (non-hydrogen) atoms. The third-order valence-corrected chi connectivity index (χ3v) is 6.65. The Morgan fingerprint density at radius 2 is 2.03 bits per heavy atom. The van der Waals surface area contributed by atoms with E-state index in [1.54, 1.807) is 42.5 Å². The Bertz CT molecular complexity index is 1420. The minimum Gasteiger partial charge on any atom is -0.496 e. The highest BCUT2D eigenvalue weighted by Crippen LogP contribution is 2.38. The van der Waals surface area contributed by atoms with E-state index >= 15 is 0 Å². The molecule has 3 amide bonds. The summed E-state index contributed by atoms with van der Waals surface area (Å²) in [6.45, 7) is 4.71. The van der Waals surface area contributed by atoms with Gasteiger partial charge in [0.05, 0.1) is 23.3 Å². The van der Waals surface area contributed by atoms with E-state index in [0.29, 0.717) is 46.6 Å². The molecule has 3 aromatic rings. The molecule has 2 N–H and O–H groups in total. The molecule has 1 aliphatic heterocycles. The van der Waals surface area contributed by atoms with E-state index in [4.69, 9.17) is 21.1 Å². The lowest BCUT2D eigenvalue weighted by Gasteiger charge is -2.27. The molecular weight excluding hydrogens is 492 g/mol. The molecule has 190 valence electrons. The molecule has 2 aliphatic rings. The van der Waals surface area contributed by atoms with Crippen LogP contribution in [0.25, 0.3) is 16.5 Å². The fraction of sp³-hybridized carbons (Fsp3) is 0.250. The molecule has 0 atom stereocenters. The van der Waals surface area contributed by atoms with Gasteiger partial charge in [0, 0.05) is 48.4 Å². The molecule has 0 radical (unpaired) electrons. The first-order valence-electron chi connectivity index (χ1n) is 12.1. The van der Waals surface area contributed by atoms with Gasteiger partial charge in [-0.1, -0.05) is 24.3 Å². The number of urea groups is 1. The normalized spacial score (nSPS) is 15.1. The maximum Gasteiger partial charge on any atom is 0.319 e. The van der Waals surface area contributed by atoms with E-state index in [0.717, 1.165) is 35.8 Å². The van der Waals surface area contributed by atoms with E-state index in [1.165, 1.54) is 6.08 Å². The number of pyridine rings is 1. The van der Waals surface area contributed by atoms with Crippen molar-refractivity contribution in [2.24, 2.45) is 0 Å². The smallest absolute Gasteiger partial charge is 0.319 e. The molecule has 5 rings (SSSR count). The quantitative estimate of drug-likeness (QED) is 0.387. The fourth-order valence-electron chi connectivity index (χ4n) is 4.27. The molecule has 2 aromatic carbocycles. The summed E-state index contributed by atoms with van der Waals surface area (Å²) in [4.78, 5) is 30.5. The van der Waals surface area contributed by atoms with Crippen LogP contribution in [0.15, 0.2) is 61.3 Å². The van der Waals surface area contributed by atoms with Gasteiger partial charge in [-0.15, -0.1) is 0 Å². The number of aromatic nitrogens is 1. The molecule has 0 bridgehead atoms. The number of fused-ring (bicyclic) bond motifs is 1. The second-order valence-corrected chi connectivity index (χ2v) is 9.38. The first-order valence-corrected chi connectivity index (χ1v) is 12.5. The van der Waals surface area contributed by atoms with Crippen molar-refractivity contribution in [3.8, 4) is 17.2 Å². The number of methoxy groups -OCH3 is 1. The van der Waals surface area contributed by atoms with Crippen LogP contribution in [0.3, 0.4) is 0 Å². The Kier molecular flexibility index (Phi) is 7.01. The molecule has 8 nitrogen and oxygen atoms in total. The van der Waals surface area contributed by atoms with Crippen molar-refractivity contribution in [3.05, 3.63) is 71.9 Å². The van der Waals surface area contributed by atoms with Crippen molar-refractivity contribution >= 4 is 45.7 Å². The minimum absolute atomic E-state index is 0.101. The zero-order valence-corrected chi connectivity index (χ0v) is 21.2. The number of hydrogen-bond acceptors (Lipinski definition) is 5. The first-order chi connectivity index (χ1) is 17.9. The average molecular weight is 519 g/mol. The number of anilines is 1. The lowest BCUT2D eigenvalue weighted by Crippen LogP contribution is -2.34. The molecule has 1 aliphatic carbocycles. The highest BCUT2D eigenvalue weighted by molar-refractivity contribution is 6.33. The third-order valence-electron chi connectivity index (χ3n) is 6.34. The molecule has 0 saturated heterocycles. The summed E-state index contributed by atoms with van der Waals surface area (Å²) in [6, 6.07) is 10.7. The second-order valence-electron chi connectivity index (χ2n) is 8.98. The number of benzene rings is 2. The van der Waals surface area contributed by atoms with Gasteiger partial charge in [0.1, 0.15) is 17.2 Å². The molecule has 1 aromatic heterocycles. The van der Waals surface area contributed by atoms with Crippen molar-refractivity contribution in [2.75, 3.05) is 25.5 Å². The van der Waals surface area contributed by atoms with Gasteiger partial charge in [-0.05, 0) is 55.2 Å². The third kappa shape index (κ3) is 5.54. The molecule has 0 spiro atoms. The van der Waals surface area contributed by atoms with Gasteiger partial charge in [0.25, 0.3) is 0 Å². The Hall–Kier alpha value is -4.04. The summed E-state index contributed by atoms with van der Waals surface area (Å²) in [6.07, 6.45) is 7.87. The topological polar surface area (TPSA) is 92.8 Å². The Labute approximate surface area is 219 Å². The standard InChI is InChI=1S/C28H27ClN4O4/c1-3-27(34)33-12-4-5-17(16-33)20-14-21-24(15-26(20)36-2)30-11-10-25(21)37-19-8-9-23(22(29)13-19)32-28(35)31-18-6-7-18/h3,5,8-11,13-15,18H,1,4,6-7,12,16H2,2H3,(H2,31,32,35). The highest BCUT2D eigenvalue weighted by atomic mass is 35.5. The molecule has 1 fully saturated rings. The highest BCUT2D eigenvalue weighted by Gasteiger charge is 2.24. The van der Waals surface area contributed by atoms with Crippen molar-refractivity contribution in [2.45, 2.75) is 25.3 Å². The molecular formula is C28H27ClN4O4. The van der Waals surface area contributed by atoms with Crippen LogP contribution in [0.4, 0.5) is 10.5 Å². The Morgan fingerprint density at radius 1 is 1.19 bits per heavy atom. The fourth-order valence-corrected chi connectivity index (χ4v) is 4.49. The van der Waals surface area contributed by atoms with Gasteiger partial charge >= 0.3 is 6.03 Å². The molecule has 1 saturated carbocycles. The average Bonchev–Trinajstić information content (AvgIpc) is 3.73. The maximum atomic E-state index is 12.2. The van der Waals surface area contributed by atoms with Gasteiger partial charge in [-0.2, -0.15) is 0 Å². The van der Waals surface area contributed by atoms with Crippen molar-refractivity contribution in [3.63, 3.8) is 0 Å². The number of amides is 3. The number of nitrogens with zero attached hydrogens (tertiary/aromatic N) is 2. The lowest BCUT2D eigenvalue weighted by atomic mass is 9.98. The predicted molar refractivity (Wildman–Crippen MR) is 144 cm³/mol. The number of carbonyl (C=O) groups excluding carboxylic acids is 2. The Morgan fingerprint density at radius 3 is 2.76 bits per heavy atom. The van der Waals surface area contributed by atoms with E-state index in [2.05, 4.69) is 28.3 Å². The van der Waals surface area contributed by atoms with Crippen LogP contribution >= 0.6 is 11.6 Å². The summed E-state index contributed by atoms with van der Waals surface area (Å²) in [5.41, 5.74) is 3.06. The van der Waals surface area contributed by atoms with Crippen LogP contribution in [-0.4, -0.2) is 48.1 Å². The van der Waals surface area contributed by atoms with Gasteiger partial charge < -0.3 is 25.0 Å². The summed E-state index contributed by atoms with van der Waals surface area (Å²) < 4.78 is 11.9. The van der Waals surface area contributed by atoms with Crippen LogP contribution in [0.2, 0.25) is 5.02 Å². The maximum absolute atomic E-state index is 12.2. The number of nitrogens with one attached hydrogen (secondary N) is 2. The first kappa shape index (κ1) is 24.6. The largest absolute Gasteiger partial charge is 0.496 e. The Balaban J connectivity index is 1.43. The van der Waals surface area contributed by atoms with Crippen LogP contribution in [0, 0.1) is 0 Å². The van der Waals surface area contributed by atoms with E-state index in [1.807, 2.05) is 12.1 Å². The van der Waals surface area contributed by atoms with E-state index in [9.17, 15) is 9.59 Å². The monoisotopic (exact) mass is 518 g/mol.